The van der Waals surface area contributed by atoms with Crippen LogP contribution in [0.3, 0.4) is 0 Å². The fraction of sp³-hybridized carbons (Fsp3) is 0.917. The van der Waals surface area contributed by atoms with Gasteiger partial charge in [0.25, 0.3) is 0 Å². The molecule has 0 aromatic heterocycles. The Hall–Kier alpha value is -0.690. The molecular formula is C12H22O10. The second-order valence-electron chi connectivity index (χ2n) is 5.15. The topological polar surface area (TPSA) is 177 Å². The number of ether oxygens (including phenoxy) is 2. The van der Waals surface area contributed by atoms with Gasteiger partial charge in [-0.1, -0.05) is 0 Å². The van der Waals surface area contributed by atoms with Crippen LogP contribution < -0.4 is 0 Å². The van der Waals surface area contributed by atoms with E-state index in [1.54, 1.807) is 0 Å². The molecule has 0 radical (unpaired) electrons. The summed E-state index contributed by atoms with van der Waals surface area (Å²) >= 11 is 0. The predicted molar refractivity (Wildman–Crippen MR) is 68.4 cm³/mol. The van der Waals surface area contributed by atoms with Crippen LogP contribution in [-0.2, 0) is 14.3 Å². The molecule has 0 bridgehead atoms. The van der Waals surface area contributed by atoms with Gasteiger partial charge in [-0.3, -0.25) is 0 Å². The fourth-order valence-electron chi connectivity index (χ4n) is 2.00. The van der Waals surface area contributed by atoms with Crippen LogP contribution >= 0.6 is 0 Å². The van der Waals surface area contributed by atoms with Gasteiger partial charge in [-0.2, -0.15) is 0 Å². The van der Waals surface area contributed by atoms with Gasteiger partial charge in [-0.25, -0.2) is 0 Å². The standard InChI is InChI=1S/C12H22O10/c1-4-7(16)10(19)11(20)12(21-4)22-6(3-14)9(18)8(17)5(15)2-13/h3-13,15-20H,2H2,1H3/t4-,5+,6-,7+,8-,9+,10+,11-,12-/m0/s1. The summed E-state index contributed by atoms with van der Waals surface area (Å²) in [6.45, 7) is 0.543. The maximum absolute atomic E-state index is 11.0. The predicted octanol–water partition coefficient (Wildman–Crippen LogP) is -4.53. The Labute approximate surface area is 126 Å². The van der Waals surface area contributed by atoms with Crippen molar-refractivity contribution in [2.45, 2.75) is 62.0 Å². The quantitative estimate of drug-likeness (QED) is 0.225. The zero-order valence-electron chi connectivity index (χ0n) is 11.8. The lowest BCUT2D eigenvalue weighted by Gasteiger charge is -2.40. The molecule has 0 aliphatic carbocycles. The molecular weight excluding hydrogens is 304 g/mol. The van der Waals surface area contributed by atoms with Crippen LogP contribution in [0.1, 0.15) is 6.92 Å². The number of aliphatic hydroxyl groups excluding tert-OH is 7. The number of carbonyl (C=O) groups excluding carboxylic acids is 1. The highest BCUT2D eigenvalue weighted by molar-refractivity contribution is 5.57. The number of aliphatic hydroxyl groups is 7. The average molecular weight is 326 g/mol. The van der Waals surface area contributed by atoms with Crippen LogP contribution in [-0.4, -0.2) is 104 Å². The molecule has 1 aliphatic rings. The third-order valence-electron chi connectivity index (χ3n) is 3.50. The van der Waals surface area contributed by atoms with Crippen molar-refractivity contribution >= 4 is 6.29 Å². The number of hydrogen-bond acceptors (Lipinski definition) is 10. The van der Waals surface area contributed by atoms with E-state index in [2.05, 4.69) is 0 Å². The van der Waals surface area contributed by atoms with Gasteiger partial charge in [0, 0.05) is 0 Å². The Balaban J connectivity index is 2.75. The molecule has 22 heavy (non-hydrogen) atoms. The summed E-state index contributed by atoms with van der Waals surface area (Å²) < 4.78 is 10.1. The smallest absolute Gasteiger partial charge is 0.187 e. The summed E-state index contributed by atoms with van der Waals surface area (Å²) in [7, 11) is 0. The first-order chi connectivity index (χ1) is 10.2. The van der Waals surface area contributed by atoms with Crippen molar-refractivity contribution < 1.29 is 50.0 Å². The highest BCUT2D eigenvalue weighted by Gasteiger charge is 2.44. The number of carbonyl (C=O) groups is 1. The summed E-state index contributed by atoms with van der Waals surface area (Å²) in [5.74, 6) is 0. The van der Waals surface area contributed by atoms with E-state index in [0.29, 0.717) is 0 Å². The van der Waals surface area contributed by atoms with Gasteiger partial charge in [-0.05, 0) is 6.92 Å². The van der Waals surface area contributed by atoms with Gasteiger partial charge in [0.2, 0.25) is 0 Å². The first kappa shape index (κ1) is 19.4. The normalized spacial score (nSPS) is 38.1. The number of rotatable bonds is 7. The summed E-state index contributed by atoms with van der Waals surface area (Å²) in [5, 5.41) is 66.1. The van der Waals surface area contributed by atoms with Gasteiger partial charge in [-0.15, -0.1) is 0 Å². The van der Waals surface area contributed by atoms with Gasteiger partial charge in [0.05, 0.1) is 12.7 Å². The van der Waals surface area contributed by atoms with E-state index in [9.17, 15) is 35.4 Å². The Morgan fingerprint density at radius 3 is 2.18 bits per heavy atom. The zero-order valence-corrected chi connectivity index (χ0v) is 11.8. The minimum absolute atomic E-state index is 0.107. The van der Waals surface area contributed by atoms with Gasteiger partial charge >= 0.3 is 0 Å². The molecule has 0 aromatic rings. The second-order valence-corrected chi connectivity index (χ2v) is 5.15. The maximum atomic E-state index is 11.0. The van der Waals surface area contributed by atoms with E-state index in [1.165, 1.54) is 6.92 Å². The minimum Gasteiger partial charge on any atom is -0.394 e. The molecule has 1 rings (SSSR count). The largest absolute Gasteiger partial charge is 0.394 e. The van der Waals surface area contributed by atoms with Gasteiger partial charge in [0.1, 0.15) is 42.7 Å². The Kier molecular flexibility index (Phi) is 7.25. The molecule has 7 N–H and O–H groups in total. The van der Waals surface area contributed by atoms with Crippen molar-refractivity contribution in [3.05, 3.63) is 0 Å². The van der Waals surface area contributed by atoms with Crippen LogP contribution in [0.15, 0.2) is 0 Å². The fourth-order valence-corrected chi connectivity index (χ4v) is 2.00. The van der Waals surface area contributed by atoms with Crippen molar-refractivity contribution in [3.8, 4) is 0 Å². The van der Waals surface area contributed by atoms with Crippen LogP contribution in [0, 0.1) is 0 Å². The van der Waals surface area contributed by atoms with Gasteiger partial charge in [0.15, 0.2) is 12.6 Å². The van der Waals surface area contributed by atoms with Crippen molar-refractivity contribution in [2.75, 3.05) is 6.61 Å². The SMILES string of the molecule is C[C@@H]1O[C@@H](O[C@@H](C=O)[C@@H](O)[C@@H](O)[C@H](O)CO)[C@@H](O)[C@H](O)[C@@H]1O. The molecule has 130 valence electrons. The average Bonchev–Trinajstić information content (AvgIpc) is 2.52. The first-order valence-corrected chi connectivity index (χ1v) is 6.70. The Bertz CT molecular complexity index is 353. The van der Waals surface area contributed by atoms with Crippen molar-refractivity contribution in [3.63, 3.8) is 0 Å². The van der Waals surface area contributed by atoms with Crippen molar-refractivity contribution in [1.82, 2.24) is 0 Å². The molecule has 1 aliphatic heterocycles. The van der Waals surface area contributed by atoms with Crippen LogP contribution in [0.25, 0.3) is 0 Å². The zero-order chi connectivity index (χ0) is 17.0. The van der Waals surface area contributed by atoms with Crippen LogP contribution in [0.2, 0.25) is 0 Å². The van der Waals surface area contributed by atoms with Crippen LogP contribution in [0.4, 0.5) is 0 Å². The lowest BCUT2D eigenvalue weighted by molar-refractivity contribution is -0.308. The van der Waals surface area contributed by atoms with E-state index in [0.717, 1.165) is 0 Å². The molecule has 0 spiro atoms. The summed E-state index contributed by atoms with van der Waals surface area (Å²) in [4.78, 5) is 11.0. The lowest BCUT2D eigenvalue weighted by atomic mass is 9.99. The molecule has 1 fully saturated rings. The van der Waals surface area contributed by atoms with Crippen molar-refractivity contribution in [1.29, 1.82) is 0 Å². The number of hydrogen-bond donors (Lipinski definition) is 7. The molecule has 0 unspecified atom stereocenters. The molecule has 0 saturated carbocycles. The van der Waals surface area contributed by atoms with E-state index >= 15 is 0 Å². The highest BCUT2D eigenvalue weighted by atomic mass is 16.7. The summed E-state index contributed by atoms with van der Waals surface area (Å²) in [6, 6.07) is 0. The molecule has 9 atom stereocenters. The van der Waals surface area contributed by atoms with Gasteiger partial charge < -0.3 is 50.0 Å². The molecule has 1 heterocycles. The molecule has 0 amide bonds. The molecule has 10 heteroatoms. The third-order valence-corrected chi connectivity index (χ3v) is 3.50. The molecule has 1 saturated heterocycles. The van der Waals surface area contributed by atoms with E-state index in [4.69, 9.17) is 14.6 Å². The second kappa shape index (κ2) is 8.24. The molecule has 0 aromatic carbocycles. The third kappa shape index (κ3) is 4.19. The van der Waals surface area contributed by atoms with E-state index < -0.39 is 61.7 Å². The van der Waals surface area contributed by atoms with Crippen molar-refractivity contribution in [2.24, 2.45) is 0 Å². The molecule has 10 nitrogen and oxygen atoms in total. The van der Waals surface area contributed by atoms with E-state index in [-0.39, 0.29) is 6.29 Å². The summed E-state index contributed by atoms with van der Waals surface area (Å²) in [5.41, 5.74) is 0. The van der Waals surface area contributed by atoms with Crippen LogP contribution in [0.5, 0.6) is 0 Å². The number of aldehydes is 1. The maximum Gasteiger partial charge on any atom is 0.187 e. The Morgan fingerprint density at radius 2 is 1.68 bits per heavy atom. The minimum atomic E-state index is -1.91. The summed E-state index contributed by atoms with van der Waals surface area (Å²) in [6.07, 6.45) is -14.2. The Morgan fingerprint density at radius 1 is 1.09 bits per heavy atom. The highest BCUT2D eigenvalue weighted by Crippen LogP contribution is 2.23. The monoisotopic (exact) mass is 326 g/mol. The lowest BCUT2D eigenvalue weighted by Crippen LogP contribution is -2.59. The van der Waals surface area contributed by atoms with E-state index in [1.807, 2.05) is 0 Å². The first-order valence-electron chi connectivity index (χ1n) is 6.70.